The van der Waals surface area contributed by atoms with Crippen LogP contribution in [-0.4, -0.2) is 19.5 Å². The zero-order valence-electron chi connectivity index (χ0n) is 9.75. The normalized spacial score (nSPS) is 9.38. The lowest BCUT2D eigenvalue weighted by Crippen LogP contribution is -2.18. The van der Waals surface area contributed by atoms with Crippen molar-refractivity contribution in [3.8, 4) is 0 Å². The maximum atomic E-state index is 11.4. The first-order valence-electron chi connectivity index (χ1n) is 5.29. The second kappa shape index (κ2) is 8.13. The molecule has 16 heavy (non-hydrogen) atoms. The molecule has 0 aliphatic rings. The fourth-order valence-electron chi connectivity index (χ4n) is 1.33. The number of carbonyl (C=O) groups is 1. The molecule has 1 aromatic rings. The molecule has 0 radical (unpaired) electrons. The molecule has 90 valence electrons. The minimum atomic E-state index is 0. The van der Waals surface area contributed by atoms with Crippen LogP contribution in [0, 0.1) is 0 Å². The number of hydrogen-bond acceptors (Lipinski definition) is 2. The second-order valence-corrected chi connectivity index (χ2v) is 3.46. The zero-order valence-corrected chi connectivity index (χ0v) is 10.6. The van der Waals surface area contributed by atoms with Gasteiger partial charge in [-0.15, -0.1) is 12.4 Å². The monoisotopic (exact) mass is 242 g/mol. The highest BCUT2D eigenvalue weighted by Gasteiger charge is 2.01. The van der Waals surface area contributed by atoms with E-state index in [0.717, 1.165) is 12.1 Å². The maximum absolute atomic E-state index is 11.4. The Morgan fingerprint density at radius 3 is 2.75 bits per heavy atom. The first-order chi connectivity index (χ1) is 7.26. The third-order valence-corrected chi connectivity index (χ3v) is 2.22. The molecule has 1 aromatic carbocycles. The second-order valence-electron chi connectivity index (χ2n) is 3.46. The lowest BCUT2D eigenvalue weighted by molar-refractivity contribution is -0.116. The first-order valence-corrected chi connectivity index (χ1v) is 5.29. The molecule has 0 saturated carbocycles. The Hall–Kier alpha value is -1.06. The number of amides is 1. The number of rotatable bonds is 5. The number of nitrogens with one attached hydrogen (secondary N) is 2. The van der Waals surface area contributed by atoms with Gasteiger partial charge in [0.25, 0.3) is 0 Å². The molecule has 0 unspecified atom stereocenters. The van der Waals surface area contributed by atoms with Crippen LogP contribution in [0.3, 0.4) is 0 Å². The molecule has 3 nitrogen and oxygen atoms in total. The number of benzene rings is 1. The summed E-state index contributed by atoms with van der Waals surface area (Å²) in [5.41, 5.74) is 2.12. The van der Waals surface area contributed by atoms with Crippen molar-refractivity contribution in [3.05, 3.63) is 29.8 Å². The number of hydrogen-bond donors (Lipinski definition) is 2. The van der Waals surface area contributed by atoms with Crippen molar-refractivity contribution in [2.45, 2.75) is 19.8 Å². The van der Waals surface area contributed by atoms with Crippen molar-refractivity contribution in [1.82, 2.24) is 5.32 Å². The van der Waals surface area contributed by atoms with Crippen LogP contribution in [0.2, 0.25) is 0 Å². The molecule has 0 aliphatic heterocycles. The molecule has 0 bridgehead atoms. The predicted octanol–water partition coefficient (Wildman–Crippen LogP) is 2.22. The topological polar surface area (TPSA) is 41.1 Å². The van der Waals surface area contributed by atoms with Crippen LogP contribution < -0.4 is 10.6 Å². The summed E-state index contributed by atoms with van der Waals surface area (Å²) in [5.74, 6) is 0.0533. The minimum Gasteiger partial charge on any atom is -0.326 e. The van der Waals surface area contributed by atoms with E-state index >= 15 is 0 Å². The maximum Gasteiger partial charge on any atom is 0.225 e. The van der Waals surface area contributed by atoms with Gasteiger partial charge in [0.2, 0.25) is 5.91 Å². The Morgan fingerprint density at radius 2 is 2.12 bits per heavy atom. The zero-order chi connectivity index (χ0) is 11.1. The lowest BCUT2D eigenvalue weighted by atomic mass is 10.1. The summed E-state index contributed by atoms with van der Waals surface area (Å²) in [5, 5.41) is 5.82. The molecule has 0 aliphatic carbocycles. The molecule has 0 fully saturated rings. The number of carbonyl (C=O) groups excluding carboxylic acids is 1. The summed E-state index contributed by atoms with van der Waals surface area (Å²) in [4.78, 5) is 11.4. The van der Waals surface area contributed by atoms with E-state index < -0.39 is 0 Å². The van der Waals surface area contributed by atoms with Crippen molar-refractivity contribution >= 4 is 24.0 Å². The third-order valence-electron chi connectivity index (χ3n) is 2.22. The quantitative estimate of drug-likeness (QED) is 0.831. The van der Waals surface area contributed by atoms with Crippen LogP contribution in [0.15, 0.2) is 24.3 Å². The Labute approximate surface area is 103 Å². The molecular formula is C12H19ClN2O. The molecule has 2 N–H and O–H groups in total. The summed E-state index contributed by atoms with van der Waals surface area (Å²) in [6.07, 6.45) is 1.49. The van der Waals surface area contributed by atoms with E-state index in [1.165, 1.54) is 5.56 Å². The Balaban J connectivity index is 0.00000225. The highest BCUT2D eigenvalue weighted by molar-refractivity contribution is 5.90. The van der Waals surface area contributed by atoms with Crippen LogP contribution in [0.1, 0.15) is 18.9 Å². The van der Waals surface area contributed by atoms with Crippen LogP contribution in [-0.2, 0) is 11.2 Å². The summed E-state index contributed by atoms with van der Waals surface area (Å²) >= 11 is 0. The van der Waals surface area contributed by atoms with Gasteiger partial charge in [-0.05, 0) is 31.2 Å². The summed E-state index contributed by atoms with van der Waals surface area (Å²) in [7, 11) is 1.84. The molecule has 1 rings (SSSR count). The van der Waals surface area contributed by atoms with E-state index in [1.807, 2.05) is 25.2 Å². The van der Waals surface area contributed by atoms with E-state index in [2.05, 4.69) is 23.6 Å². The van der Waals surface area contributed by atoms with E-state index in [0.29, 0.717) is 13.0 Å². The molecule has 0 saturated heterocycles. The van der Waals surface area contributed by atoms with Crippen molar-refractivity contribution in [2.75, 3.05) is 18.9 Å². The van der Waals surface area contributed by atoms with Crippen LogP contribution in [0.25, 0.3) is 0 Å². The van der Waals surface area contributed by atoms with E-state index in [9.17, 15) is 4.79 Å². The predicted molar refractivity (Wildman–Crippen MR) is 70.2 cm³/mol. The Morgan fingerprint density at radius 1 is 1.38 bits per heavy atom. The fourth-order valence-corrected chi connectivity index (χ4v) is 1.33. The number of anilines is 1. The average molecular weight is 243 g/mol. The average Bonchev–Trinajstić information content (AvgIpc) is 2.26. The van der Waals surface area contributed by atoms with Crippen LogP contribution in [0.5, 0.6) is 0 Å². The third kappa shape index (κ3) is 5.14. The van der Waals surface area contributed by atoms with Crippen molar-refractivity contribution in [2.24, 2.45) is 0 Å². The Kier molecular flexibility index (Phi) is 7.60. The van der Waals surface area contributed by atoms with E-state index in [-0.39, 0.29) is 18.3 Å². The van der Waals surface area contributed by atoms with Gasteiger partial charge in [-0.1, -0.05) is 19.1 Å². The summed E-state index contributed by atoms with van der Waals surface area (Å²) < 4.78 is 0. The molecule has 0 heterocycles. The molecular weight excluding hydrogens is 224 g/mol. The number of aryl methyl sites for hydroxylation is 1. The fraction of sp³-hybridized carbons (Fsp3) is 0.417. The Bertz CT molecular complexity index is 329. The van der Waals surface area contributed by atoms with Gasteiger partial charge in [-0.2, -0.15) is 0 Å². The number of halogens is 1. The van der Waals surface area contributed by atoms with Gasteiger partial charge in [-0.3, -0.25) is 4.79 Å². The molecule has 0 atom stereocenters. The minimum absolute atomic E-state index is 0. The SMILES string of the molecule is CCc1cccc(NC(=O)CCNC)c1.Cl. The highest BCUT2D eigenvalue weighted by atomic mass is 35.5. The molecule has 1 amide bonds. The van der Waals surface area contributed by atoms with Gasteiger partial charge in [-0.25, -0.2) is 0 Å². The van der Waals surface area contributed by atoms with Gasteiger partial charge < -0.3 is 10.6 Å². The largest absolute Gasteiger partial charge is 0.326 e. The van der Waals surface area contributed by atoms with Gasteiger partial charge in [0.05, 0.1) is 0 Å². The van der Waals surface area contributed by atoms with Gasteiger partial charge in [0.1, 0.15) is 0 Å². The first kappa shape index (κ1) is 14.9. The van der Waals surface area contributed by atoms with E-state index in [4.69, 9.17) is 0 Å². The van der Waals surface area contributed by atoms with Crippen molar-refractivity contribution < 1.29 is 4.79 Å². The van der Waals surface area contributed by atoms with Crippen molar-refractivity contribution in [1.29, 1.82) is 0 Å². The van der Waals surface area contributed by atoms with Gasteiger partial charge >= 0.3 is 0 Å². The van der Waals surface area contributed by atoms with Crippen molar-refractivity contribution in [3.63, 3.8) is 0 Å². The molecule has 0 aromatic heterocycles. The van der Waals surface area contributed by atoms with E-state index in [1.54, 1.807) is 0 Å². The van der Waals surface area contributed by atoms with Crippen LogP contribution in [0.4, 0.5) is 5.69 Å². The lowest BCUT2D eigenvalue weighted by Gasteiger charge is -2.06. The standard InChI is InChI=1S/C12H18N2O.ClH/c1-3-10-5-4-6-11(9-10)14-12(15)7-8-13-2;/h4-6,9,13H,3,7-8H2,1-2H3,(H,14,15);1H. The molecule has 0 spiro atoms. The highest BCUT2D eigenvalue weighted by Crippen LogP contribution is 2.11. The smallest absolute Gasteiger partial charge is 0.225 e. The van der Waals surface area contributed by atoms with Gasteiger partial charge in [0, 0.05) is 18.7 Å². The summed E-state index contributed by atoms with van der Waals surface area (Å²) in [6.45, 7) is 2.81. The molecule has 4 heteroatoms. The summed E-state index contributed by atoms with van der Waals surface area (Å²) in [6, 6.07) is 7.95. The van der Waals surface area contributed by atoms with Gasteiger partial charge in [0.15, 0.2) is 0 Å². The van der Waals surface area contributed by atoms with Crippen LogP contribution >= 0.6 is 12.4 Å².